The van der Waals surface area contributed by atoms with Crippen molar-refractivity contribution in [1.82, 2.24) is 4.90 Å². The first-order valence-electron chi connectivity index (χ1n) is 10.7. The Morgan fingerprint density at radius 2 is 1.71 bits per heavy atom. The molecule has 3 aromatic carbocycles. The maximum Gasteiger partial charge on any atom is 0.134 e. The minimum absolute atomic E-state index is 0.264. The number of fused-ring (bicyclic) bond motifs is 1. The zero-order valence-corrected chi connectivity index (χ0v) is 17.6. The van der Waals surface area contributed by atoms with Crippen molar-refractivity contribution >= 4 is 11.0 Å². The molecule has 0 bridgehead atoms. The molecule has 1 aromatic heterocycles. The molecule has 1 aliphatic heterocycles. The second-order valence-electron chi connectivity index (χ2n) is 8.49. The Kier molecular flexibility index (Phi) is 5.07. The number of nitriles is 1. The quantitative estimate of drug-likeness (QED) is 0.486. The van der Waals surface area contributed by atoms with Crippen molar-refractivity contribution in [1.29, 1.82) is 5.26 Å². The molecule has 4 heteroatoms. The first kappa shape index (κ1) is 19.6. The number of hydrogen-bond acceptors (Lipinski definition) is 4. The molecular weight excluding hydrogens is 382 g/mol. The molecule has 2 N–H and O–H groups in total. The zero-order chi connectivity index (χ0) is 21.4. The van der Waals surface area contributed by atoms with Crippen LogP contribution in [0.25, 0.3) is 33.2 Å². The highest BCUT2D eigenvalue weighted by Gasteiger charge is 2.21. The predicted octanol–water partition coefficient (Wildman–Crippen LogP) is 5.48. The lowest BCUT2D eigenvalue weighted by molar-refractivity contribution is 0.326. The van der Waals surface area contributed by atoms with Crippen LogP contribution in [0, 0.1) is 18.3 Å². The van der Waals surface area contributed by atoms with Gasteiger partial charge in [-0.3, -0.25) is 4.90 Å². The van der Waals surface area contributed by atoms with E-state index in [4.69, 9.17) is 10.2 Å². The number of rotatable bonds is 4. The number of benzene rings is 3. The molecule has 0 aliphatic carbocycles. The van der Waals surface area contributed by atoms with E-state index >= 15 is 0 Å². The summed E-state index contributed by atoms with van der Waals surface area (Å²) in [5, 5.41) is 10.3. The van der Waals surface area contributed by atoms with Crippen molar-refractivity contribution in [3.05, 3.63) is 83.6 Å². The number of nitrogens with two attached hydrogens (primary N) is 1. The van der Waals surface area contributed by atoms with Crippen LogP contribution in [0.15, 0.2) is 71.3 Å². The van der Waals surface area contributed by atoms with Crippen LogP contribution < -0.4 is 5.73 Å². The van der Waals surface area contributed by atoms with Gasteiger partial charge in [0.15, 0.2) is 0 Å². The monoisotopic (exact) mass is 407 g/mol. The van der Waals surface area contributed by atoms with Crippen LogP contribution in [-0.2, 0) is 6.54 Å². The van der Waals surface area contributed by atoms with Crippen molar-refractivity contribution in [2.45, 2.75) is 25.9 Å². The van der Waals surface area contributed by atoms with Gasteiger partial charge in [0.1, 0.15) is 5.58 Å². The molecule has 4 aromatic rings. The SMILES string of the molecule is Cc1ccc(-c2cc3occ(CN4CCC(N)C4)c3cc2-c2ccc(C#N)cc2)cc1. The summed E-state index contributed by atoms with van der Waals surface area (Å²) in [7, 11) is 0. The molecule has 1 saturated heterocycles. The molecule has 2 heterocycles. The van der Waals surface area contributed by atoms with E-state index in [2.05, 4.69) is 54.3 Å². The highest BCUT2D eigenvalue weighted by atomic mass is 16.3. The summed E-state index contributed by atoms with van der Waals surface area (Å²) >= 11 is 0. The Balaban J connectivity index is 1.64. The molecular formula is C27H25N3O. The minimum Gasteiger partial charge on any atom is -0.464 e. The average molecular weight is 408 g/mol. The van der Waals surface area contributed by atoms with Crippen LogP contribution in [0.1, 0.15) is 23.1 Å². The number of nitrogens with zero attached hydrogens (tertiary/aromatic N) is 2. The van der Waals surface area contributed by atoms with Crippen molar-refractivity contribution < 1.29 is 4.42 Å². The largest absolute Gasteiger partial charge is 0.464 e. The maximum absolute atomic E-state index is 9.19. The fourth-order valence-electron chi connectivity index (χ4n) is 4.43. The van der Waals surface area contributed by atoms with Crippen molar-refractivity contribution in [3.8, 4) is 28.3 Å². The van der Waals surface area contributed by atoms with Crippen molar-refractivity contribution in [2.75, 3.05) is 13.1 Å². The molecule has 0 spiro atoms. The first-order valence-corrected chi connectivity index (χ1v) is 10.7. The second kappa shape index (κ2) is 8.03. The molecule has 31 heavy (non-hydrogen) atoms. The van der Waals surface area contributed by atoms with Gasteiger partial charge in [0.25, 0.3) is 0 Å². The molecule has 4 nitrogen and oxygen atoms in total. The molecule has 5 rings (SSSR count). The molecule has 1 unspecified atom stereocenters. The standard InChI is InChI=1S/C27H25N3O/c1-18-2-6-20(7-3-18)25-13-27-26(12-24(25)21-8-4-19(14-28)5-9-21)22(17-31-27)15-30-11-10-23(29)16-30/h2-9,12-13,17,23H,10-11,15-16,29H2,1H3. The van der Waals surface area contributed by atoms with Gasteiger partial charge in [-0.05, 0) is 59.9 Å². The fourth-order valence-corrected chi connectivity index (χ4v) is 4.43. The van der Waals surface area contributed by atoms with Gasteiger partial charge in [-0.2, -0.15) is 5.26 Å². The summed E-state index contributed by atoms with van der Waals surface area (Å²) in [5.74, 6) is 0. The van der Waals surface area contributed by atoms with Crippen LogP contribution >= 0.6 is 0 Å². The summed E-state index contributed by atoms with van der Waals surface area (Å²) in [6, 6.07) is 23.2. The Hall–Kier alpha value is -3.39. The van der Waals surface area contributed by atoms with E-state index in [1.807, 2.05) is 30.5 Å². The third-order valence-electron chi connectivity index (χ3n) is 6.18. The zero-order valence-electron chi connectivity index (χ0n) is 17.6. The molecule has 1 fully saturated rings. The second-order valence-corrected chi connectivity index (χ2v) is 8.49. The smallest absolute Gasteiger partial charge is 0.134 e. The summed E-state index contributed by atoms with van der Waals surface area (Å²) < 4.78 is 6.00. The van der Waals surface area contributed by atoms with Gasteiger partial charge in [0.2, 0.25) is 0 Å². The van der Waals surface area contributed by atoms with E-state index in [1.165, 1.54) is 11.1 Å². The van der Waals surface area contributed by atoms with E-state index in [9.17, 15) is 5.26 Å². The highest BCUT2D eigenvalue weighted by molar-refractivity contribution is 5.95. The van der Waals surface area contributed by atoms with Crippen LogP contribution in [0.2, 0.25) is 0 Å². The normalized spacial score (nSPS) is 16.6. The maximum atomic E-state index is 9.19. The molecule has 0 amide bonds. The molecule has 0 radical (unpaired) electrons. The van der Waals surface area contributed by atoms with Crippen LogP contribution in [-0.4, -0.2) is 24.0 Å². The Bertz CT molecular complexity index is 1260. The van der Waals surface area contributed by atoms with Gasteiger partial charge >= 0.3 is 0 Å². The fraction of sp³-hybridized carbons (Fsp3) is 0.222. The molecule has 1 aliphatic rings. The average Bonchev–Trinajstić information content (AvgIpc) is 3.39. The number of furan rings is 1. The van der Waals surface area contributed by atoms with E-state index in [0.717, 1.165) is 59.3 Å². The Labute approximate surface area is 182 Å². The topological polar surface area (TPSA) is 66.2 Å². The lowest BCUT2D eigenvalue weighted by atomic mass is 9.92. The highest BCUT2D eigenvalue weighted by Crippen LogP contribution is 2.38. The van der Waals surface area contributed by atoms with Gasteiger partial charge in [-0.1, -0.05) is 42.0 Å². The van der Waals surface area contributed by atoms with E-state index < -0.39 is 0 Å². The number of likely N-dealkylation sites (tertiary alicyclic amines) is 1. The molecule has 0 saturated carbocycles. The molecule has 154 valence electrons. The van der Waals surface area contributed by atoms with Gasteiger partial charge in [-0.25, -0.2) is 0 Å². The van der Waals surface area contributed by atoms with Crippen LogP contribution in [0.4, 0.5) is 0 Å². The van der Waals surface area contributed by atoms with Crippen LogP contribution in [0.3, 0.4) is 0 Å². The Morgan fingerprint density at radius 3 is 2.35 bits per heavy atom. The number of hydrogen-bond donors (Lipinski definition) is 1. The van der Waals surface area contributed by atoms with Gasteiger partial charge < -0.3 is 10.2 Å². The van der Waals surface area contributed by atoms with Crippen molar-refractivity contribution in [2.24, 2.45) is 5.73 Å². The van der Waals surface area contributed by atoms with Gasteiger partial charge in [0.05, 0.1) is 17.9 Å². The summed E-state index contributed by atoms with van der Waals surface area (Å²) in [6.45, 7) is 4.89. The summed E-state index contributed by atoms with van der Waals surface area (Å²) in [5.41, 5.74) is 14.6. The third-order valence-corrected chi connectivity index (χ3v) is 6.18. The van der Waals surface area contributed by atoms with E-state index in [0.29, 0.717) is 5.56 Å². The van der Waals surface area contributed by atoms with E-state index in [1.54, 1.807) is 0 Å². The van der Waals surface area contributed by atoms with Crippen LogP contribution in [0.5, 0.6) is 0 Å². The molecule has 1 atom stereocenters. The summed E-state index contributed by atoms with van der Waals surface area (Å²) in [4.78, 5) is 2.39. The lowest BCUT2D eigenvalue weighted by Gasteiger charge is -2.15. The summed E-state index contributed by atoms with van der Waals surface area (Å²) in [6.07, 6.45) is 2.93. The van der Waals surface area contributed by atoms with Crippen molar-refractivity contribution in [3.63, 3.8) is 0 Å². The van der Waals surface area contributed by atoms with Gasteiger partial charge in [-0.15, -0.1) is 0 Å². The lowest BCUT2D eigenvalue weighted by Crippen LogP contribution is -2.26. The number of aryl methyl sites for hydroxylation is 1. The van der Waals surface area contributed by atoms with E-state index in [-0.39, 0.29) is 6.04 Å². The Morgan fingerprint density at radius 1 is 1.03 bits per heavy atom. The van der Waals surface area contributed by atoms with Gasteiger partial charge in [0, 0.05) is 36.6 Å². The predicted molar refractivity (Wildman–Crippen MR) is 124 cm³/mol. The third kappa shape index (κ3) is 3.86. The minimum atomic E-state index is 0.264. The first-order chi connectivity index (χ1) is 15.1.